The largest absolute Gasteiger partial charge is 0.475 e. The van der Waals surface area contributed by atoms with Crippen molar-refractivity contribution in [1.82, 2.24) is 15.1 Å². The van der Waals surface area contributed by atoms with Crippen LogP contribution in [0, 0.1) is 23.2 Å². The Morgan fingerprint density at radius 1 is 1.24 bits per heavy atom. The maximum Gasteiger partial charge on any atom is 0.475 e. The van der Waals surface area contributed by atoms with Crippen LogP contribution in [0.4, 0.5) is 4.79 Å². The van der Waals surface area contributed by atoms with Crippen molar-refractivity contribution in [1.29, 1.82) is 5.26 Å². The van der Waals surface area contributed by atoms with Crippen LogP contribution < -0.4 is 5.32 Å². The number of hydrogen-bond donors (Lipinski definition) is 3. The van der Waals surface area contributed by atoms with Crippen LogP contribution in [-0.4, -0.2) is 93.9 Å². The number of rotatable bonds is 11. The van der Waals surface area contributed by atoms with E-state index >= 15 is 0 Å². The van der Waals surface area contributed by atoms with E-state index in [1.54, 1.807) is 0 Å². The number of ether oxygens (including phenoxy) is 2. The van der Waals surface area contributed by atoms with Gasteiger partial charge in [-0.05, 0) is 77.7 Å². The van der Waals surface area contributed by atoms with Gasteiger partial charge in [0.05, 0.1) is 29.8 Å². The Hall–Kier alpha value is -2.65. The van der Waals surface area contributed by atoms with E-state index in [1.165, 1.54) is 0 Å². The number of carbonyl (C=O) groups excluding carboxylic acids is 2. The molecule has 1 aromatic carbocycles. The van der Waals surface area contributed by atoms with Crippen LogP contribution in [0.1, 0.15) is 72.3 Å². The van der Waals surface area contributed by atoms with Crippen LogP contribution in [0.5, 0.6) is 0 Å². The molecule has 3 heterocycles. The van der Waals surface area contributed by atoms with Gasteiger partial charge >= 0.3 is 13.2 Å². The lowest BCUT2D eigenvalue weighted by atomic mass is 9.76. The minimum absolute atomic E-state index is 0.00152. The molecule has 11 heteroatoms. The van der Waals surface area contributed by atoms with Gasteiger partial charge in [0.25, 0.3) is 0 Å². The van der Waals surface area contributed by atoms with E-state index in [9.17, 15) is 24.9 Å². The van der Waals surface area contributed by atoms with Crippen molar-refractivity contribution < 1.29 is 29.1 Å². The lowest BCUT2D eigenvalue weighted by molar-refractivity contribution is -0.142. The number of nitrogens with zero attached hydrogens (tertiary/aromatic N) is 3. The molecule has 3 N–H and O–H groups in total. The molecule has 3 atom stereocenters. The maximum atomic E-state index is 14.0. The minimum atomic E-state index is -1.76. The highest BCUT2D eigenvalue weighted by atomic mass is 16.6. The lowest BCUT2D eigenvalue weighted by Gasteiger charge is -2.47. The second-order valence-corrected chi connectivity index (χ2v) is 13.7. The zero-order valence-electron chi connectivity index (χ0n) is 25.7. The Bertz CT molecular complexity index is 1130. The fourth-order valence-corrected chi connectivity index (χ4v) is 7.29. The van der Waals surface area contributed by atoms with E-state index < -0.39 is 30.6 Å². The normalized spacial score (nSPS) is 25.8. The number of hydrogen-bond acceptors (Lipinski definition) is 8. The second kappa shape index (κ2) is 12.9. The van der Waals surface area contributed by atoms with Gasteiger partial charge in [-0.2, -0.15) is 5.26 Å². The number of alkyl carbamates (subject to hydrolysis) is 1. The number of nitriles is 1. The summed E-state index contributed by atoms with van der Waals surface area (Å²) in [6.07, 6.45) is 3.17. The molecular weight excluding hydrogens is 535 g/mol. The first-order chi connectivity index (χ1) is 19.8. The average molecular weight is 583 g/mol. The molecule has 3 aliphatic rings. The fourth-order valence-electron chi connectivity index (χ4n) is 7.29. The van der Waals surface area contributed by atoms with Gasteiger partial charge in [-0.3, -0.25) is 9.69 Å². The van der Waals surface area contributed by atoms with Crippen LogP contribution in [0.25, 0.3) is 0 Å². The highest BCUT2D eigenvalue weighted by Crippen LogP contribution is 2.48. The minimum Gasteiger partial charge on any atom is -0.447 e. The SMILES string of the molecule is CC(CC(C)(C)N1CCOC(C)(C)C1)C(C#N)C(=O)N1C2CCC1(COC(=O)N[C@@H](Cc1ccccc1)B(O)O)CC2. The molecule has 230 valence electrons. The van der Waals surface area contributed by atoms with E-state index in [-0.39, 0.29) is 42.0 Å². The number of benzene rings is 1. The van der Waals surface area contributed by atoms with Crippen molar-refractivity contribution in [3.63, 3.8) is 0 Å². The van der Waals surface area contributed by atoms with Crippen molar-refractivity contribution >= 4 is 19.1 Å². The summed E-state index contributed by atoms with van der Waals surface area (Å²) in [5.74, 6) is -2.10. The van der Waals surface area contributed by atoms with Gasteiger partial charge in [-0.15, -0.1) is 0 Å². The topological polar surface area (TPSA) is 135 Å². The molecule has 4 rings (SSSR count). The van der Waals surface area contributed by atoms with Crippen LogP contribution in [0.3, 0.4) is 0 Å². The van der Waals surface area contributed by atoms with Crippen LogP contribution >= 0.6 is 0 Å². The van der Waals surface area contributed by atoms with E-state index in [4.69, 9.17) is 9.47 Å². The molecule has 0 spiro atoms. The molecule has 0 aliphatic carbocycles. The van der Waals surface area contributed by atoms with Gasteiger partial charge in [0.2, 0.25) is 5.91 Å². The first-order valence-corrected chi connectivity index (χ1v) is 15.2. The molecular formula is C31H47BN4O6. The summed E-state index contributed by atoms with van der Waals surface area (Å²) in [5, 5.41) is 32.5. The third kappa shape index (κ3) is 7.28. The molecule has 2 amide bonds. The molecule has 1 aromatic rings. The predicted molar refractivity (Wildman–Crippen MR) is 159 cm³/mol. The Morgan fingerprint density at radius 2 is 1.90 bits per heavy atom. The van der Waals surface area contributed by atoms with Crippen LogP contribution in [0.2, 0.25) is 0 Å². The van der Waals surface area contributed by atoms with Crippen molar-refractivity contribution in [2.24, 2.45) is 11.8 Å². The molecule has 2 unspecified atom stereocenters. The standard InChI is InChI=1S/C31H47BN4O6/c1-22(18-29(2,3)35-15-16-42-30(4,5)20-35)25(19-33)27(37)36-24-11-13-31(36,14-12-24)21-41-28(38)34-26(32(39)40)17-23-9-7-6-8-10-23/h6-10,22,24-26,39-40H,11-18,20-21H2,1-5H3,(H,34,38)/t22?,24?,25?,26-,31?/m0/s1. The molecule has 2 bridgehead atoms. The molecule has 3 saturated heterocycles. The Balaban J connectivity index is 1.39. The predicted octanol–water partition coefficient (Wildman–Crippen LogP) is 2.91. The van der Waals surface area contributed by atoms with E-state index in [2.05, 4.69) is 44.0 Å². The smallest absolute Gasteiger partial charge is 0.447 e. The van der Waals surface area contributed by atoms with Gasteiger partial charge in [0.1, 0.15) is 12.5 Å². The second-order valence-electron chi connectivity index (χ2n) is 13.7. The molecule has 3 fully saturated rings. The third-order valence-electron chi connectivity index (χ3n) is 9.51. The highest BCUT2D eigenvalue weighted by Gasteiger charge is 2.56. The number of fused-ring (bicyclic) bond motifs is 2. The summed E-state index contributed by atoms with van der Waals surface area (Å²) in [6.45, 7) is 12.8. The van der Waals surface area contributed by atoms with E-state index in [1.807, 2.05) is 42.2 Å². The monoisotopic (exact) mass is 582 g/mol. The Labute approximate surface area is 250 Å². The van der Waals surface area contributed by atoms with Crippen molar-refractivity contribution in [3.8, 4) is 6.07 Å². The van der Waals surface area contributed by atoms with E-state index in [0.717, 1.165) is 31.5 Å². The fraction of sp³-hybridized carbons (Fsp3) is 0.710. The van der Waals surface area contributed by atoms with Crippen LogP contribution in [0.15, 0.2) is 30.3 Å². The average Bonchev–Trinajstić information content (AvgIpc) is 3.47. The first-order valence-electron chi connectivity index (χ1n) is 15.2. The zero-order valence-corrected chi connectivity index (χ0v) is 25.7. The van der Waals surface area contributed by atoms with Gasteiger partial charge < -0.3 is 29.7 Å². The van der Waals surface area contributed by atoms with Gasteiger partial charge in [-0.25, -0.2) is 4.79 Å². The maximum absolute atomic E-state index is 14.0. The molecule has 42 heavy (non-hydrogen) atoms. The summed E-state index contributed by atoms with van der Waals surface area (Å²) < 4.78 is 11.5. The Morgan fingerprint density at radius 3 is 2.50 bits per heavy atom. The molecule has 10 nitrogen and oxygen atoms in total. The van der Waals surface area contributed by atoms with Crippen molar-refractivity contribution in [3.05, 3.63) is 35.9 Å². The quantitative estimate of drug-likeness (QED) is 0.339. The summed E-state index contributed by atoms with van der Waals surface area (Å²) >= 11 is 0. The van der Waals surface area contributed by atoms with Gasteiger partial charge in [0, 0.05) is 24.7 Å². The summed E-state index contributed by atoms with van der Waals surface area (Å²) in [5.41, 5.74) is -0.262. The number of morpholine rings is 1. The number of amides is 2. The Kier molecular flexibility index (Phi) is 9.93. The van der Waals surface area contributed by atoms with Gasteiger partial charge in [-0.1, -0.05) is 37.3 Å². The molecule has 0 saturated carbocycles. The first kappa shape index (κ1) is 32.3. The number of carbonyl (C=O) groups is 2. The summed E-state index contributed by atoms with van der Waals surface area (Å²) in [6, 6.07) is 11.6. The van der Waals surface area contributed by atoms with Crippen LogP contribution in [-0.2, 0) is 20.7 Å². The lowest BCUT2D eigenvalue weighted by Crippen LogP contribution is -2.57. The summed E-state index contributed by atoms with van der Waals surface area (Å²) in [4.78, 5) is 31.0. The number of nitrogens with one attached hydrogen (secondary N) is 1. The summed E-state index contributed by atoms with van der Waals surface area (Å²) in [7, 11) is -1.76. The third-order valence-corrected chi connectivity index (χ3v) is 9.51. The molecule has 0 radical (unpaired) electrons. The molecule has 3 aliphatic heterocycles. The zero-order chi connectivity index (χ0) is 30.7. The van der Waals surface area contributed by atoms with Crippen molar-refractivity contribution in [2.75, 3.05) is 26.3 Å². The molecule has 0 aromatic heterocycles. The van der Waals surface area contributed by atoms with Gasteiger partial charge in [0.15, 0.2) is 0 Å². The highest BCUT2D eigenvalue weighted by molar-refractivity contribution is 6.43. The van der Waals surface area contributed by atoms with Crippen molar-refractivity contribution in [2.45, 2.75) is 102 Å². The van der Waals surface area contributed by atoms with E-state index in [0.29, 0.717) is 25.9 Å².